The van der Waals surface area contributed by atoms with Crippen molar-refractivity contribution in [1.29, 1.82) is 0 Å². The van der Waals surface area contributed by atoms with E-state index in [1.807, 2.05) is 65.4 Å². The maximum absolute atomic E-state index is 14.2. The number of ether oxygens (including phenoxy) is 3. The maximum Gasteiger partial charge on any atom is 0.337 e. The molecule has 0 spiro atoms. The molecule has 71 heavy (non-hydrogen) atoms. The summed E-state index contributed by atoms with van der Waals surface area (Å²) in [5.74, 6) is -3.61. The van der Waals surface area contributed by atoms with Gasteiger partial charge in [0.15, 0.2) is 0 Å². The highest BCUT2D eigenvalue weighted by Gasteiger charge is 2.20. The molecule has 2 aromatic heterocycles. The van der Waals surface area contributed by atoms with E-state index in [0.29, 0.717) is 51.1 Å². The Morgan fingerprint density at radius 1 is 0.620 bits per heavy atom. The monoisotopic (exact) mass is 1090 g/mol. The van der Waals surface area contributed by atoms with Gasteiger partial charge in [0.2, 0.25) is 5.91 Å². The highest BCUT2D eigenvalue weighted by molar-refractivity contribution is 9.10. The van der Waals surface area contributed by atoms with E-state index in [0.717, 1.165) is 43.7 Å². The minimum absolute atomic E-state index is 0.0143. The Hall–Kier alpha value is -7.63. The molecule has 0 fully saturated rings. The van der Waals surface area contributed by atoms with E-state index in [2.05, 4.69) is 37.2 Å². The molecule has 0 aliphatic carbocycles. The molecule has 17 heteroatoms. The van der Waals surface area contributed by atoms with E-state index in [1.54, 1.807) is 49.4 Å². The zero-order valence-electron chi connectivity index (χ0n) is 38.5. The van der Waals surface area contributed by atoms with E-state index >= 15 is 0 Å². The van der Waals surface area contributed by atoms with Crippen molar-refractivity contribution >= 4 is 61.1 Å². The van der Waals surface area contributed by atoms with Crippen LogP contribution in [-0.4, -0.2) is 39.2 Å². The molecule has 0 saturated carbocycles. The zero-order valence-corrected chi connectivity index (χ0v) is 41.6. The van der Waals surface area contributed by atoms with Crippen LogP contribution < -0.4 is 20.5 Å². The molecule has 364 valence electrons. The van der Waals surface area contributed by atoms with Crippen molar-refractivity contribution in [3.8, 4) is 45.4 Å². The number of methoxy groups -OCH3 is 1. The van der Waals surface area contributed by atoms with Crippen molar-refractivity contribution in [3.05, 3.63) is 199 Å². The number of carbonyl (C=O) groups is 3. The van der Waals surface area contributed by atoms with Gasteiger partial charge in [-0.2, -0.15) is 0 Å². The highest BCUT2D eigenvalue weighted by atomic mass is 79.9. The fraction of sp³-hybridized carbons (Fsp3) is 0.130. The first-order valence-electron chi connectivity index (χ1n) is 21.7. The third-order valence-electron chi connectivity index (χ3n) is 11.0. The van der Waals surface area contributed by atoms with Crippen LogP contribution in [0, 0.1) is 37.1 Å². The number of hydrogen-bond acceptors (Lipinski definition) is 7. The number of hydrogen-bond donors (Lipinski definition) is 3. The summed E-state index contributed by atoms with van der Waals surface area (Å²) in [4.78, 5) is 36.0. The molecule has 0 unspecified atom stereocenters. The number of nitrogens with one attached hydrogen (secondary N) is 1. The molecule has 2 heterocycles. The number of nitrogen functional groups attached to an aromatic ring is 1. The van der Waals surface area contributed by atoms with Crippen LogP contribution in [0.1, 0.15) is 56.6 Å². The summed E-state index contributed by atoms with van der Waals surface area (Å²) in [6.07, 6.45) is 0.244. The first kappa shape index (κ1) is 51.2. The lowest BCUT2D eigenvalue weighted by molar-refractivity contribution is -0.115. The molecule has 0 radical (unpaired) electrons. The molecule has 0 aliphatic heterocycles. The molecule has 4 N–H and O–H groups in total. The molecule has 0 bridgehead atoms. The Morgan fingerprint density at radius 3 is 1.58 bits per heavy atom. The lowest BCUT2D eigenvalue weighted by Gasteiger charge is -2.18. The van der Waals surface area contributed by atoms with Crippen LogP contribution in [0.2, 0.25) is 0 Å². The number of carbonyl (C=O) groups excluding carboxylic acids is 2. The summed E-state index contributed by atoms with van der Waals surface area (Å²) in [7, 11) is 1.31. The number of esters is 1. The summed E-state index contributed by atoms with van der Waals surface area (Å²) in [6, 6.07) is 34.7. The van der Waals surface area contributed by atoms with Crippen LogP contribution in [0.25, 0.3) is 33.9 Å². The fourth-order valence-corrected chi connectivity index (χ4v) is 8.33. The van der Waals surface area contributed by atoms with Gasteiger partial charge in [-0.25, -0.2) is 27.2 Å². The number of rotatable bonds is 14. The van der Waals surface area contributed by atoms with E-state index in [1.165, 1.54) is 43.5 Å². The van der Waals surface area contributed by atoms with E-state index in [9.17, 15) is 37.1 Å². The predicted molar refractivity (Wildman–Crippen MR) is 270 cm³/mol. The molecule has 11 nitrogen and oxygen atoms in total. The number of nitrogens with two attached hydrogens (primary N) is 1. The maximum atomic E-state index is 14.2. The summed E-state index contributed by atoms with van der Waals surface area (Å²) >= 11 is 6.98. The average Bonchev–Trinajstić information content (AvgIpc) is 3.92. The smallest absolute Gasteiger partial charge is 0.337 e. The first-order valence-corrected chi connectivity index (χ1v) is 23.3. The molecule has 1 amide bonds. The van der Waals surface area contributed by atoms with Crippen LogP contribution >= 0.6 is 31.9 Å². The average molecular weight is 1100 g/mol. The van der Waals surface area contributed by atoms with Crippen LogP contribution in [0.3, 0.4) is 0 Å². The molecule has 0 aliphatic rings. The Bertz CT molecular complexity index is 3320. The number of aromatic nitrogens is 2. The number of carboxylic acids is 1. The number of anilines is 2. The van der Waals surface area contributed by atoms with Gasteiger partial charge in [-0.05, 0) is 135 Å². The summed E-state index contributed by atoms with van der Waals surface area (Å²) < 4.78 is 77.0. The predicted octanol–water partition coefficient (Wildman–Crippen LogP) is 13.6. The zero-order chi connectivity index (χ0) is 51.1. The quantitative estimate of drug-likeness (QED) is 0.0554. The summed E-state index contributed by atoms with van der Waals surface area (Å²) in [5.41, 5.74) is 13.4. The number of aromatic carboxylic acids is 1. The number of halogens is 6. The Balaban J connectivity index is 0.000000209. The van der Waals surface area contributed by atoms with Crippen molar-refractivity contribution in [3.63, 3.8) is 0 Å². The van der Waals surface area contributed by atoms with Crippen LogP contribution in [0.15, 0.2) is 142 Å². The largest absolute Gasteiger partial charge is 0.488 e. The molecule has 8 rings (SSSR count). The molecular formula is C54H44Br2F4N4O7. The second-order valence-corrected chi connectivity index (χ2v) is 17.8. The minimum Gasteiger partial charge on any atom is -0.488 e. The molecular weight excluding hydrogens is 1050 g/mol. The topological polar surface area (TPSA) is 147 Å². The number of carboxylic acid groups (broad SMARTS) is 1. The van der Waals surface area contributed by atoms with E-state index in [-0.39, 0.29) is 42.2 Å². The lowest BCUT2D eigenvalue weighted by Crippen LogP contribution is -2.11. The third-order valence-corrected chi connectivity index (χ3v) is 12.0. The standard InChI is InChI=1S/C28H23BrF2N2O4.C26H21BrF2N2O3/c1-3-27(34)32-21-10-18(28(35)36)11-22(14-21)33-16(2)4-8-25(33)23-12-19(29)6-9-26(23)37-15-17-5-7-20(30)13-24(17)31;1-15-3-7-24(31(15)21-10-17(26(32)33-2)9-20(30)13-21)22-11-18(27)5-8-25(22)34-14-16-4-6-19(28)12-23(16)29/h4-14H,3,15H2,1-2H3,(H,32,34)(H,35,36);3-13H,14,30H2,1-2H3. The van der Waals surface area contributed by atoms with Crippen molar-refractivity contribution < 1.29 is 51.3 Å². The van der Waals surface area contributed by atoms with Crippen LogP contribution in [0.5, 0.6) is 11.5 Å². The normalized spacial score (nSPS) is 10.8. The number of amides is 1. The fourth-order valence-electron chi connectivity index (χ4n) is 7.61. The SMILES string of the molecule is CCC(=O)Nc1cc(C(=O)O)cc(-n2c(C)ccc2-c2cc(Br)ccc2OCc2ccc(F)cc2F)c1.COC(=O)c1cc(N)cc(-n2c(C)ccc2-c2cc(Br)ccc2OCc2ccc(F)cc2F)c1. The Labute approximate surface area is 422 Å². The van der Waals surface area contributed by atoms with Crippen molar-refractivity contribution in [2.24, 2.45) is 0 Å². The van der Waals surface area contributed by atoms with Gasteiger partial charge in [0, 0.05) is 83.9 Å². The molecule has 0 atom stereocenters. The van der Waals surface area contributed by atoms with E-state index < -0.39 is 35.2 Å². The molecule has 8 aromatic rings. The van der Waals surface area contributed by atoms with Crippen LogP contribution in [-0.2, 0) is 22.7 Å². The van der Waals surface area contributed by atoms with Gasteiger partial charge in [0.1, 0.15) is 48.0 Å². The van der Waals surface area contributed by atoms with Crippen LogP contribution in [0.4, 0.5) is 28.9 Å². The summed E-state index contributed by atoms with van der Waals surface area (Å²) in [5, 5.41) is 12.4. The van der Waals surface area contributed by atoms with Gasteiger partial charge in [-0.15, -0.1) is 0 Å². The highest BCUT2D eigenvalue weighted by Crippen LogP contribution is 2.39. The summed E-state index contributed by atoms with van der Waals surface area (Å²) in [6.45, 7) is 5.30. The van der Waals surface area contributed by atoms with Gasteiger partial charge in [0.05, 0.1) is 29.6 Å². The molecule has 6 aromatic carbocycles. The van der Waals surface area contributed by atoms with Gasteiger partial charge in [0.25, 0.3) is 0 Å². The minimum atomic E-state index is -1.13. The first-order chi connectivity index (χ1) is 33.9. The second-order valence-electron chi connectivity index (χ2n) is 16.0. The number of benzene rings is 6. The Morgan fingerprint density at radius 2 is 1.11 bits per heavy atom. The molecule has 0 saturated heterocycles. The van der Waals surface area contributed by atoms with E-state index in [4.69, 9.17) is 19.9 Å². The number of aryl methyl sites for hydroxylation is 2. The third kappa shape index (κ3) is 12.2. The van der Waals surface area contributed by atoms with Crippen molar-refractivity contribution in [2.45, 2.75) is 40.4 Å². The lowest BCUT2D eigenvalue weighted by atomic mass is 10.1. The van der Waals surface area contributed by atoms with Gasteiger partial charge < -0.3 is 39.5 Å². The number of nitrogens with zero attached hydrogens (tertiary/aromatic N) is 2. The Kier molecular flexibility index (Phi) is 16.2. The van der Waals surface area contributed by atoms with Gasteiger partial charge in [-0.1, -0.05) is 38.8 Å². The van der Waals surface area contributed by atoms with Crippen molar-refractivity contribution in [2.75, 3.05) is 18.2 Å². The van der Waals surface area contributed by atoms with Gasteiger partial charge in [-0.3, -0.25) is 4.79 Å². The van der Waals surface area contributed by atoms with Gasteiger partial charge >= 0.3 is 11.9 Å². The van der Waals surface area contributed by atoms with Crippen molar-refractivity contribution in [1.82, 2.24) is 9.13 Å². The second kappa shape index (κ2) is 22.4.